The Bertz CT molecular complexity index is 378. The van der Waals surface area contributed by atoms with Crippen LogP contribution in [0.1, 0.15) is 31.7 Å². The highest BCUT2D eigenvalue weighted by Gasteiger charge is 2.26. The van der Waals surface area contributed by atoms with Crippen molar-refractivity contribution in [2.45, 2.75) is 37.8 Å². The van der Waals surface area contributed by atoms with E-state index in [0.717, 1.165) is 10.5 Å². The molecule has 1 aromatic heterocycles. The van der Waals surface area contributed by atoms with Crippen LogP contribution in [0, 0.1) is 0 Å². The van der Waals surface area contributed by atoms with Crippen LogP contribution in [0.15, 0.2) is 16.9 Å². The van der Waals surface area contributed by atoms with Crippen LogP contribution in [-0.2, 0) is 0 Å². The van der Waals surface area contributed by atoms with Gasteiger partial charge in [-0.25, -0.2) is 0 Å². The molecule has 100 valence electrons. The lowest BCUT2D eigenvalue weighted by molar-refractivity contribution is 0.113. The van der Waals surface area contributed by atoms with Gasteiger partial charge in [0, 0.05) is 31.9 Å². The zero-order chi connectivity index (χ0) is 12.4. The molecule has 0 radical (unpaired) electrons. The van der Waals surface area contributed by atoms with Gasteiger partial charge in [0.1, 0.15) is 0 Å². The van der Waals surface area contributed by atoms with E-state index in [4.69, 9.17) is 0 Å². The van der Waals surface area contributed by atoms with E-state index in [0.29, 0.717) is 6.04 Å². The highest BCUT2D eigenvalue weighted by molar-refractivity contribution is 9.10. The number of rotatable bonds is 2. The summed E-state index contributed by atoms with van der Waals surface area (Å²) in [7, 11) is 0. The molecule has 5 heteroatoms. The Morgan fingerprint density at radius 2 is 2.06 bits per heavy atom. The smallest absolute Gasteiger partial charge is 0.0632 e. The lowest BCUT2D eigenvalue weighted by atomic mass is 9.99. The first-order valence-corrected chi connectivity index (χ1v) is 7.76. The van der Waals surface area contributed by atoms with Gasteiger partial charge in [-0.1, -0.05) is 0 Å². The SMILES string of the molecule is Brc1cnn(C2CCN(C3CCCNC3)CC2)c1. The number of hydrogen-bond acceptors (Lipinski definition) is 3. The van der Waals surface area contributed by atoms with E-state index < -0.39 is 0 Å². The van der Waals surface area contributed by atoms with Crippen molar-refractivity contribution in [3.8, 4) is 0 Å². The molecule has 2 fully saturated rings. The van der Waals surface area contributed by atoms with Gasteiger partial charge in [0.2, 0.25) is 0 Å². The monoisotopic (exact) mass is 312 g/mol. The second-order valence-corrected chi connectivity index (χ2v) is 6.32. The molecule has 2 saturated heterocycles. The van der Waals surface area contributed by atoms with E-state index in [1.807, 2.05) is 6.20 Å². The third-order valence-electron chi connectivity index (χ3n) is 4.23. The normalized spacial score (nSPS) is 27.5. The van der Waals surface area contributed by atoms with Crippen LogP contribution < -0.4 is 5.32 Å². The topological polar surface area (TPSA) is 33.1 Å². The number of nitrogens with one attached hydrogen (secondary N) is 1. The summed E-state index contributed by atoms with van der Waals surface area (Å²) in [4.78, 5) is 2.67. The van der Waals surface area contributed by atoms with Gasteiger partial charge < -0.3 is 5.32 Å². The molecule has 1 unspecified atom stereocenters. The molecule has 0 saturated carbocycles. The largest absolute Gasteiger partial charge is 0.315 e. The third-order valence-corrected chi connectivity index (χ3v) is 4.64. The minimum atomic E-state index is 0.587. The number of hydrogen-bond donors (Lipinski definition) is 1. The fourth-order valence-electron chi connectivity index (χ4n) is 3.18. The molecule has 4 nitrogen and oxygen atoms in total. The molecule has 3 heterocycles. The fraction of sp³-hybridized carbons (Fsp3) is 0.769. The summed E-state index contributed by atoms with van der Waals surface area (Å²) in [5.41, 5.74) is 0. The average Bonchev–Trinajstić information content (AvgIpc) is 2.87. The zero-order valence-corrected chi connectivity index (χ0v) is 12.3. The van der Waals surface area contributed by atoms with Crippen LogP contribution in [-0.4, -0.2) is 46.9 Å². The van der Waals surface area contributed by atoms with E-state index in [1.165, 1.54) is 51.9 Å². The molecule has 0 amide bonds. The van der Waals surface area contributed by atoms with Gasteiger partial charge >= 0.3 is 0 Å². The van der Waals surface area contributed by atoms with Crippen molar-refractivity contribution in [3.05, 3.63) is 16.9 Å². The molecule has 0 spiro atoms. The average molecular weight is 313 g/mol. The maximum Gasteiger partial charge on any atom is 0.0632 e. The maximum absolute atomic E-state index is 4.42. The van der Waals surface area contributed by atoms with Gasteiger partial charge in [-0.3, -0.25) is 9.58 Å². The summed E-state index contributed by atoms with van der Waals surface area (Å²) in [5, 5.41) is 7.93. The highest BCUT2D eigenvalue weighted by atomic mass is 79.9. The molecule has 1 aromatic rings. The van der Waals surface area contributed by atoms with Crippen LogP contribution >= 0.6 is 15.9 Å². The Hall–Kier alpha value is -0.390. The Balaban J connectivity index is 1.54. The lowest BCUT2D eigenvalue weighted by Crippen LogP contribution is -2.49. The summed E-state index contributed by atoms with van der Waals surface area (Å²) < 4.78 is 3.21. The first-order chi connectivity index (χ1) is 8.83. The molecule has 1 N–H and O–H groups in total. The predicted octanol–water partition coefficient (Wildman–Crippen LogP) is 2.03. The van der Waals surface area contributed by atoms with E-state index in [2.05, 4.69) is 42.1 Å². The zero-order valence-electron chi connectivity index (χ0n) is 10.7. The summed E-state index contributed by atoms with van der Waals surface area (Å²) in [6, 6.07) is 1.35. The molecular formula is C13H21BrN4. The van der Waals surface area contributed by atoms with E-state index >= 15 is 0 Å². The van der Waals surface area contributed by atoms with Gasteiger partial charge in [0.05, 0.1) is 16.7 Å². The molecule has 1 atom stereocenters. The summed E-state index contributed by atoms with van der Waals surface area (Å²) >= 11 is 3.47. The molecule has 2 aliphatic rings. The highest BCUT2D eigenvalue weighted by Crippen LogP contribution is 2.25. The lowest BCUT2D eigenvalue weighted by Gasteiger charge is -2.39. The minimum absolute atomic E-state index is 0.587. The summed E-state index contributed by atoms with van der Waals surface area (Å²) in [6.45, 7) is 4.81. The summed E-state index contributed by atoms with van der Waals surface area (Å²) in [5.74, 6) is 0. The van der Waals surface area contributed by atoms with Gasteiger partial charge in [-0.05, 0) is 48.2 Å². The van der Waals surface area contributed by atoms with Crippen LogP contribution in [0.5, 0.6) is 0 Å². The Kier molecular flexibility index (Phi) is 4.01. The Labute approximate surface area is 117 Å². The van der Waals surface area contributed by atoms with Crippen LogP contribution in [0.25, 0.3) is 0 Å². The van der Waals surface area contributed by atoms with Crippen molar-refractivity contribution in [2.24, 2.45) is 0 Å². The second-order valence-electron chi connectivity index (χ2n) is 5.41. The van der Waals surface area contributed by atoms with E-state index in [-0.39, 0.29) is 0 Å². The molecule has 0 aliphatic carbocycles. The maximum atomic E-state index is 4.42. The van der Waals surface area contributed by atoms with Gasteiger partial charge in [0.25, 0.3) is 0 Å². The van der Waals surface area contributed by atoms with E-state index in [9.17, 15) is 0 Å². The second kappa shape index (κ2) is 5.72. The standard InChI is InChI=1S/C13H21BrN4/c14-11-8-16-18(10-11)12-3-6-17(7-4-12)13-2-1-5-15-9-13/h8,10,12-13,15H,1-7,9H2. The quantitative estimate of drug-likeness (QED) is 0.907. The van der Waals surface area contributed by atoms with Crippen molar-refractivity contribution in [2.75, 3.05) is 26.2 Å². The Morgan fingerprint density at radius 1 is 1.22 bits per heavy atom. The van der Waals surface area contributed by atoms with Crippen molar-refractivity contribution in [1.29, 1.82) is 0 Å². The van der Waals surface area contributed by atoms with Crippen LogP contribution in [0.2, 0.25) is 0 Å². The summed E-state index contributed by atoms with van der Waals surface area (Å²) in [6.07, 6.45) is 9.14. The number of aromatic nitrogens is 2. The Morgan fingerprint density at radius 3 is 2.67 bits per heavy atom. The van der Waals surface area contributed by atoms with Crippen molar-refractivity contribution >= 4 is 15.9 Å². The van der Waals surface area contributed by atoms with Crippen LogP contribution in [0.3, 0.4) is 0 Å². The number of halogens is 1. The van der Waals surface area contributed by atoms with Crippen molar-refractivity contribution in [1.82, 2.24) is 20.0 Å². The van der Waals surface area contributed by atoms with Gasteiger partial charge in [-0.15, -0.1) is 0 Å². The number of likely N-dealkylation sites (tertiary alicyclic amines) is 1. The molecule has 2 aliphatic heterocycles. The first-order valence-electron chi connectivity index (χ1n) is 6.97. The van der Waals surface area contributed by atoms with Crippen molar-refractivity contribution in [3.63, 3.8) is 0 Å². The predicted molar refractivity (Wildman–Crippen MR) is 75.7 cm³/mol. The number of piperidine rings is 2. The minimum Gasteiger partial charge on any atom is -0.315 e. The number of nitrogens with zero attached hydrogens (tertiary/aromatic N) is 3. The first kappa shape index (κ1) is 12.6. The van der Waals surface area contributed by atoms with Crippen molar-refractivity contribution < 1.29 is 0 Å². The third kappa shape index (κ3) is 2.78. The molecule has 0 aromatic carbocycles. The molecular weight excluding hydrogens is 292 g/mol. The molecule has 0 bridgehead atoms. The molecule has 3 rings (SSSR count). The van der Waals surface area contributed by atoms with Gasteiger partial charge in [-0.2, -0.15) is 5.10 Å². The van der Waals surface area contributed by atoms with E-state index in [1.54, 1.807) is 0 Å². The fourth-order valence-corrected chi connectivity index (χ4v) is 3.48. The van der Waals surface area contributed by atoms with Crippen LogP contribution in [0.4, 0.5) is 0 Å². The molecule has 18 heavy (non-hydrogen) atoms. The van der Waals surface area contributed by atoms with Gasteiger partial charge in [0.15, 0.2) is 0 Å².